The Bertz CT molecular complexity index is 515. The molecule has 0 saturated carbocycles. The maximum Gasteiger partial charge on any atom is 0.167 e. The average molecular weight is 227 g/mol. The molecule has 0 fully saturated rings. The van der Waals surface area contributed by atoms with Gasteiger partial charge >= 0.3 is 0 Å². The molecule has 0 bridgehead atoms. The normalized spacial score (nSPS) is 10.1. The van der Waals surface area contributed by atoms with Gasteiger partial charge in [0.15, 0.2) is 5.78 Å². The van der Waals surface area contributed by atoms with Gasteiger partial charge in [-0.05, 0) is 42.0 Å². The first-order valence-electron chi connectivity index (χ1n) is 5.32. The molecule has 0 amide bonds. The van der Waals surface area contributed by atoms with Gasteiger partial charge in [0, 0.05) is 17.7 Å². The lowest BCUT2D eigenvalue weighted by Crippen LogP contribution is -2.03. The standard InChI is InChI=1S/C14H13NO2/c15-12-5-3-11(4-6-12)14(17)9-10-1-7-13(16)8-2-10/h1-8,16H,9,15H2. The van der Waals surface area contributed by atoms with E-state index in [1.165, 1.54) is 0 Å². The molecule has 2 rings (SSSR count). The summed E-state index contributed by atoms with van der Waals surface area (Å²) in [5.74, 6) is 0.240. The minimum atomic E-state index is 0.0377. The fraction of sp³-hybridized carbons (Fsp3) is 0.0714. The Kier molecular flexibility index (Phi) is 3.10. The number of phenolic OH excluding ortho intramolecular Hbond substituents is 1. The molecule has 0 atom stereocenters. The van der Waals surface area contributed by atoms with Crippen LogP contribution in [0.5, 0.6) is 5.75 Å². The van der Waals surface area contributed by atoms with Crippen LogP contribution in [0.15, 0.2) is 48.5 Å². The lowest BCUT2D eigenvalue weighted by molar-refractivity contribution is 0.0993. The molecule has 0 aliphatic carbocycles. The monoisotopic (exact) mass is 227 g/mol. The van der Waals surface area contributed by atoms with E-state index in [1.807, 2.05) is 0 Å². The summed E-state index contributed by atoms with van der Waals surface area (Å²) in [5.41, 5.74) is 7.73. The summed E-state index contributed by atoms with van der Waals surface area (Å²) < 4.78 is 0. The quantitative estimate of drug-likeness (QED) is 0.625. The number of hydrogen-bond acceptors (Lipinski definition) is 3. The summed E-state index contributed by atoms with van der Waals surface area (Å²) in [6.45, 7) is 0. The van der Waals surface area contributed by atoms with E-state index in [0.717, 1.165) is 5.56 Å². The second-order valence-corrected chi connectivity index (χ2v) is 3.89. The van der Waals surface area contributed by atoms with Crippen molar-refractivity contribution in [2.45, 2.75) is 6.42 Å². The van der Waals surface area contributed by atoms with Crippen LogP contribution in [0.1, 0.15) is 15.9 Å². The minimum Gasteiger partial charge on any atom is -0.508 e. The van der Waals surface area contributed by atoms with Crippen LogP contribution in [0, 0.1) is 0 Å². The highest BCUT2D eigenvalue weighted by Crippen LogP contribution is 2.13. The number of carbonyl (C=O) groups is 1. The van der Waals surface area contributed by atoms with Crippen LogP contribution in [-0.2, 0) is 6.42 Å². The maximum atomic E-state index is 11.9. The van der Waals surface area contributed by atoms with Crippen molar-refractivity contribution in [2.24, 2.45) is 0 Å². The van der Waals surface area contributed by atoms with E-state index in [1.54, 1.807) is 48.5 Å². The number of phenols is 1. The van der Waals surface area contributed by atoms with E-state index in [4.69, 9.17) is 10.8 Å². The maximum absolute atomic E-state index is 11.9. The highest BCUT2D eigenvalue weighted by atomic mass is 16.3. The van der Waals surface area contributed by atoms with Gasteiger partial charge < -0.3 is 10.8 Å². The van der Waals surface area contributed by atoms with Crippen LogP contribution in [0.2, 0.25) is 0 Å². The predicted molar refractivity (Wildman–Crippen MR) is 67.0 cm³/mol. The highest BCUT2D eigenvalue weighted by Gasteiger charge is 2.06. The second kappa shape index (κ2) is 4.70. The molecule has 17 heavy (non-hydrogen) atoms. The highest BCUT2D eigenvalue weighted by molar-refractivity contribution is 5.97. The van der Waals surface area contributed by atoms with Gasteiger partial charge in [0.05, 0.1) is 0 Å². The summed E-state index contributed by atoms with van der Waals surface area (Å²) in [6.07, 6.45) is 0.324. The predicted octanol–water partition coefficient (Wildman–Crippen LogP) is 2.40. The van der Waals surface area contributed by atoms with Crippen LogP contribution in [0.25, 0.3) is 0 Å². The van der Waals surface area contributed by atoms with Crippen LogP contribution in [0.3, 0.4) is 0 Å². The van der Waals surface area contributed by atoms with E-state index >= 15 is 0 Å². The zero-order valence-electron chi connectivity index (χ0n) is 9.26. The van der Waals surface area contributed by atoms with E-state index in [2.05, 4.69) is 0 Å². The van der Waals surface area contributed by atoms with Crippen LogP contribution in [-0.4, -0.2) is 10.9 Å². The number of aromatic hydroxyl groups is 1. The molecule has 3 nitrogen and oxygen atoms in total. The molecule has 0 radical (unpaired) electrons. The van der Waals surface area contributed by atoms with E-state index in [0.29, 0.717) is 17.7 Å². The molecular weight excluding hydrogens is 214 g/mol. The smallest absolute Gasteiger partial charge is 0.167 e. The second-order valence-electron chi connectivity index (χ2n) is 3.89. The number of carbonyl (C=O) groups excluding carboxylic acids is 1. The molecule has 0 spiro atoms. The molecule has 2 aromatic rings. The zero-order chi connectivity index (χ0) is 12.3. The SMILES string of the molecule is Nc1ccc(C(=O)Cc2ccc(O)cc2)cc1. The Morgan fingerprint density at radius 2 is 1.59 bits per heavy atom. The molecule has 3 N–H and O–H groups in total. The zero-order valence-corrected chi connectivity index (χ0v) is 9.26. The third-order valence-corrected chi connectivity index (χ3v) is 2.53. The number of ketones is 1. The summed E-state index contributed by atoms with van der Waals surface area (Å²) in [4.78, 5) is 11.9. The van der Waals surface area contributed by atoms with Gasteiger partial charge in [-0.1, -0.05) is 12.1 Å². The molecule has 3 heteroatoms. The number of Topliss-reactive ketones (excluding diaryl/α,β-unsaturated/α-hetero) is 1. The average Bonchev–Trinajstić information content (AvgIpc) is 2.33. The van der Waals surface area contributed by atoms with Crippen molar-refractivity contribution < 1.29 is 9.90 Å². The number of nitrogens with two attached hydrogens (primary N) is 1. The topological polar surface area (TPSA) is 63.3 Å². The van der Waals surface area contributed by atoms with Gasteiger partial charge in [-0.2, -0.15) is 0 Å². The van der Waals surface area contributed by atoms with Crippen molar-refractivity contribution in [1.29, 1.82) is 0 Å². The largest absolute Gasteiger partial charge is 0.508 e. The molecule has 0 aliphatic rings. The van der Waals surface area contributed by atoms with E-state index < -0.39 is 0 Å². The summed E-state index contributed by atoms with van der Waals surface area (Å²) in [5, 5.41) is 9.14. The third kappa shape index (κ3) is 2.84. The number of rotatable bonds is 3. The van der Waals surface area contributed by atoms with Gasteiger partial charge in [-0.25, -0.2) is 0 Å². The van der Waals surface area contributed by atoms with Crippen LogP contribution in [0.4, 0.5) is 5.69 Å². The van der Waals surface area contributed by atoms with Gasteiger partial charge in [0.1, 0.15) is 5.75 Å². The number of benzene rings is 2. The molecule has 86 valence electrons. The van der Waals surface area contributed by atoms with Crippen molar-refractivity contribution in [3.8, 4) is 5.75 Å². The number of nitrogen functional groups attached to an aromatic ring is 1. The number of anilines is 1. The molecular formula is C14H13NO2. The Morgan fingerprint density at radius 3 is 2.18 bits per heavy atom. The van der Waals surface area contributed by atoms with Crippen LogP contribution >= 0.6 is 0 Å². The fourth-order valence-electron chi connectivity index (χ4n) is 1.57. The molecule has 0 aliphatic heterocycles. The summed E-state index contributed by atoms with van der Waals surface area (Å²) in [6, 6.07) is 13.5. The van der Waals surface area contributed by atoms with Gasteiger partial charge in [-0.3, -0.25) is 4.79 Å². The Morgan fingerprint density at radius 1 is 1.00 bits per heavy atom. The first-order chi connectivity index (χ1) is 8.15. The third-order valence-electron chi connectivity index (χ3n) is 2.53. The van der Waals surface area contributed by atoms with Crippen molar-refractivity contribution in [1.82, 2.24) is 0 Å². The molecule has 0 unspecified atom stereocenters. The number of hydrogen-bond donors (Lipinski definition) is 2. The Balaban J connectivity index is 2.11. The summed E-state index contributed by atoms with van der Waals surface area (Å²) in [7, 11) is 0. The van der Waals surface area contributed by atoms with Gasteiger partial charge in [0.25, 0.3) is 0 Å². The van der Waals surface area contributed by atoms with Crippen molar-refractivity contribution in [3.05, 3.63) is 59.7 Å². The summed E-state index contributed by atoms with van der Waals surface area (Å²) >= 11 is 0. The Labute approximate surface area is 99.5 Å². The van der Waals surface area contributed by atoms with Crippen molar-refractivity contribution >= 4 is 11.5 Å². The lowest BCUT2D eigenvalue weighted by Gasteiger charge is -2.02. The first-order valence-corrected chi connectivity index (χ1v) is 5.32. The first kappa shape index (κ1) is 11.2. The molecule has 0 aromatic heterocycles. The van der Waals surface area contributed by atoms with Crippen molar-refractivity contribution in [2.75, 3.05) is 5.73 Å². The molecule has 0 saturated heterocycles. The lowest BCUT2D eigenvalue weighted by atomic mass is 10.0. The fourth-order valence-corrected chi connectivity index (χ4v) is 1.57. The van der Waals surface area contributed by atoms with Crippen molar-refractivity contribution in [3.63, 3.8) is 0 Å². The Hall–Kier alpha value is -2.29. The van der Waals surface area contributed by atoms with E-state index in [9.17, 15) is 4.79 Å². The van der Waals surface area contributed by atoms with Crippen LogP contribution < -0.4 is 5.73 Å². The van der Waals surface area contributed by atoms with E-state index in [-0.39, 0.29) is 11.5 Å². The van der Waals surface area contributed by atoms with Gasteiger partial charge in [-0.15, -0.1) is 0 Å². The molecule has 2 aromatic carbocycles. The molecule has 0 heterocycles. The minimum absolute atomic E-state index is 0.0377. The van der Waals surface area contributed by atoms with Gasteiger partial charge in [0.2, 0.25) is 0 Å².